The van der Waals surface area contributed by atoms with Crippen LogP contribution in [0.4, 0.5) is 0 Å². The van der Waals surface area contributed by atoms with Gasteiger partial charge in [-0.3, -0.25) is 4.79 Å². The van der Waals surface area contributed by atoms with Gasteiger partial charge in [-0.05, 0) is 25.0 Å². The van der Waals surface area contributed by atoms with E-state index < -0.39 is 0 Å². The van der Waals surface area contributed by atoms with Crippen molar-refractivity contribution < 1.29 is 14.3 Å². The highest BCUT2D eigenvalue weighted by Gasteiger charge is 2.36. The highest BCUT2D eigenvalue weighted by Crippen LogP contribution is 2.30. The number of benzene rings is 1. The molecule has 120 valence electrons. The van der Waals surface area contributed by atoms with Crippen LogP contribution in [0.15, 0.2) is 18.2 Å². The van der Waals surface area contributed by atoms with Crippen LogP contribution in [0.3, 0.4) is 0 Å². The van der Waals surface area contributed by atoms with Crippen molar-refractivity contribution >= 4 is 29.1 Å². The Labute approximate surface area is 140 Å². The number of carbonyl (C=O) groups excluding carboxylic acids is 1. The molecule has 0 N–H and O–H groups in total. The van der Waals surface area contributed by atoms with Gasteiger partial charge in [-0.15, -0.1) is 0 Å². The summed E-state index contributed by atoms with van der Waals surface area (Å²) in [6.07, 6.45) is 4.55. The van der Waals surface area contributed by atoms with E-state index in [4.69, 9.17) is 32.7 Å². The van der Waals surface area contributed by atoms with Gasteiger partial charge in [-0.25, -0.2) is 0 Å². The fraction of sp³-hybridized carbons (Fsp3) is 0.562. The Morgan fingerprint density at radius 2 is 2.14 bits per heavy atom. The summed E-state index contributed by atoms with van der Waals surface area (Å²) in [4.78, 5) is 14.4. The van der Waals surface area contributed by atoms with Crippen LogP contribution in [0.2, 0.25) is 10.0 Å². The van der Waals surface area contributed by atoms with Crippen molar-refractivity contribution in [2.24, 2.45) is 0 Å². The Morgan fingerprint density at radius 3 is 3.00 bits per heavy atom. The number of fused-ring (bicyclic) bond motifs is 1. The first-order chi connectivity index (χ1) is 10.6. The summed E-state index contributed by atoms with van der Waals surface area (Å²) in [5.41, 5.74) is 0. The number of rotatable bonds is 3. The number of nitrogens with zero attached hydrogens (tertiary/aromatic N) is 1. The number of ether oxygens (including phenoxy) is 2. The predicted octanol–water partition coefficient (Wildman–Crippen LogP) is 3.54. The Morgan fingerprint density at radius 1 is 1.32 bits per heavy atom. The third-order valence-corrected chi connectivity index (χ3v) is 4.84. The van der Waals surface area contributed by atoms with Crippen LogP contribution in [0.25, 0.3) is 0 Å². The van der Waals surface area contributed by atoms with E-state index in [1.807, 2.05) is 4.90 Å². The van der Waals surface area contributed by atoms with Gasteiger partial charge < -0.3 is 14.4 Å². The standard InChI is InChI=1S/C16H19Cl2NO3/c17-11-5-6-12(18)15(9-11)22-10-16(20)19-7-8-21-14-4-2-1-3-13(14)19/h5-6,9,13-14H,1-4,7-8,10H2. The van der Waals surface area contributed by atoms with E-state index in [0.29, 0.717) is 28.9 Å². The molecule has 1 aromatic carbocycles. The Kier molecular flexibility index (Phi) is 5.11. The van der Waals surface area contributed by atoms with Crippen molar-refractivity contribution in [3.8, 4) is 5.75 Å². The molecule has 1 aliphatic heterocycles. The average molecular weight is 344 g/mol. The monoisotopic (exact) mass is 343 g/mol. The molecule has 1 aliphatic carbocycles. The minimum absolute atomic E-state index is 0.0174. The van der Waals surface area contributed by atoms with Crippen LogP contribution in [0, 0.1) is 0 Å². The number of hydrogen-bond acceptors (Lipinski definition) is 3. The molecule has 0 spiro atoms. The van der Waals surface area contributed by atoms with Crippen LogP contribution >= 0.6 is 23.2 Å². The van der Waals surface area contributed by atoms with Crippen molar-refractivity contribution in [3.63, 3.8) is 0 Å². The average Bonchev–Trinajstić information content (AvgIpc) is 2.55. The number of halogens is 2. The SMILES string of the molecule is O=C(COc1cc(Cl)ccc1Cl)N1CCOC2CCCCC21. The van der Waals surface area contributed by atoms with Gasteiger partial charge in [0.25, 0.3) is 5.91 Å². The molecular weight excluding hydrogens is 325 g/mol. The molecule has 6 heteroatoms. The van der Waals surface area contributed by atoms with Gasteiger partial charge in [-0.2, -0.15) is 0 Å². The summed E-state index contributed by atoms with van der Waals surface area (Å²) in [7, 11) is 0. The third kappa shape index (κ3) is 3.50. The number of carbonyl (C=O) groups is 1. The zero-order valence-corrected chi connectivity index (χ0v) is 13.8. The van der Waals surface area contributed by atoms with Gasteiger partial charge in [0.2, 0.25) is 0 Å². The van der Waals surface area contributed by atoms with Crippen LogP contribution in [-0.4, -0.2) is 42.7 Å². The van der Waals surface area contributed by atoms with Crippen LogP contribution in [0.5, 0.6) is 5.75 Å². The highest BCUT2D eigenvalue weighted by molar-refractivity contribution is 6.34. The molecule has 4 nitrogen and oxygen atoms in total. The Balaban J connectivity index is 1.62. The van der Waals surface area contributed by atoms with E-state index in [-0.39, 0.29) is 24.7 Å². The summed E-state index contributed by atoms with van der Waals surface area (Å²) in [6, 6.07) is 5.16. The maximum absolute atomic E-state index is 12.5. The van der Waals surface area contributed by atoms with E-state index in [1.54, 1.807) is 18.2 Å². The number of hydrogen-bond donors (Lipinski definition) is 0. The molecule has 0 bridgehead atoms. The highest BCUT2D eigenvalue weighted by atomic mass is 35.5. The lowest BCUT2D eigenvalue weighted by atomic mass is 9.90. The molecule has 22 heavy (non-hydrogen) atoms. The Bertz CT molecular complexity index is 550. The van der Waals surface area contributed by atoms with E-state index in [2.05, 4.69) is 0 Å². The van der Waals surface area contributed by atoms with Gasteiger partial charge in [0, 0.05) is 17.6 Å². The molecule has 2 atom stereocenters. The third-order valence-electron chi connectivity index (χ3n) is 4.30. The second-order valence-electron chi connectivity index (χ2n) is 5.71. The lowest BCUT2D eigenvalue weighted by molar-refractivity contribution is -0.151. The topological polar surface area (TPSA) is 38.8 Å². The predicted molar refractivity (Wildman–Crippen MR) is 85.7 cm³/mol. The first kappa shape index (κ1) is 15.9. The molecule has 3 rings (SSSR count). The van der Waals surface area contributed by atoms with Crippen LogP contribution < -0.4 is 4.74 Å². The lowest BCUT2D eigenvalue weighted by Gasteiger charge is -2.43. The van der Waals surface area contributed by atoms with E-state index in [1.165, 1.54) is 6.42 Å². The zero-order valence-electron chi connectivity index (χ0n) is 12.3. The lowest BCUT2D eigenvalue weighted by Crippen LogP contribution is -2.55. The second kappa shape index (κ2) is 7.07. The van der Waals surface area contributed by atoms with Gasteiger partial charge in [-0.1, -0.05) is 36.0 Å². The summed E-state index contributed by atoms with van der Waals surface area (Å²) in [5.74, 6) is 0.423. The van der Waals surface area contributed by atoms with Crippen molar-refractivity contribution in [2.45, 2.75) is 37.8 Å². The van der Waals surface area contributed by atoms with Gasteiger partial charge in [0.05, 0.1) is 23.8 Å². The molecular formula is C16H19Cl2NO3. The molecule has 0 aromatic heterocycles. The first-order valence-electron chi connectivity index (χ1n) is 7.64. The van der Waals surface area contributed by atoms with Crippen molar-refractivity contribution in [2.75, 3.05) is 19.8 Å². The largest absolute Gasteiger partial charge is 0.482 e. The maximum atomic E-state index is 12.5. The summed E-state index contributed by atoms with van der Waals surface area (Å²) in [5, 5.41) is 0.986. The molecule has 2 unspecified atom stereocenters. The minimum Gasteiger partial charge on any atom is -0.482 e. The molecule has 1 aromatic rings. The van der Waals surface area contributed by atoms with Gasteiger partial charge in [0.1, 0.15) is 5.75 Å². The molecule has 2 aliphatic rings. The minimum atomic E-state index is -0.0245. The molecule has 0 radical (unpaired) electrons. The maximum Gasteiger partial charge on any atom is 0.260 e. The summed E-state index contributed by atoms with van der Waals surface area (Å²) >= 11 is 12.0. The van der Waals surface area contributed by atoms with E-state index in [9.17, 15) is 4.79 Å². The fourth-order valence-corrected chi connectivity index (χ4v) is 3.55. The quantitative estimate of drug-likeness (QED) is 0.842. The van der Waals surface area contributed by atoms with E-state index >= 15 is 0 Å². The molecule has 1 heterocycles. The van der Waals surface area contributed by atoms with Crippen LogP contribution in [-0.2, 0) is 9.53 Å². The van der Waals surface area contributed by atoms with Gasteiger partial charge in [0.15, 0.2) is 6.61 Å². The van der Waals surface area contributed by atoms with Crippen LogP contribution in [0.1, 0.15) is 25.7 Å². The number of morpholine rings is 1. The first-order valence-corrected chi connectivity index (χ1v) is 8.39. The molecule has 1 amide bonds. The normalized spacial score (nSPS) is 24.7. The molecule has 1 saturated carbocycles. The fourth-order valence-electron chi connectivity index (χ4n) is 3.22. The van der Waals surface area contributed by atoms with Crippen molar-refractivity contribution in [1.82, 2.24) is 4.90 Å². The molecule has 2 fully saturated rings. The van der Waals surface area contributed by atoms with Crippen molar-refractivity contribution in [1.29, 1.82) is 0 Å². The summed E-state index contributed by atoms with van der Waals surface area (Å²) < 4.78 is 11.4. The summed E-state index contributed by atoms with van der Waals surface area (Å²) in [6.45, 7) is 1.21. The smallest absolute Gasteiger partial charge is 0.260 e. The van der Waals surface area contributed by atoms with Gasteiger partial charge >= 0.3 is 0 Å². The Hall–Kier alpha value is -0.970. The van der Waals surface area contributed by atoms with E-state index in [0.717, 1.165) is 19.3 Å². The van der Waals surface area contributed by atoms with Crippen molar-refractivity contribution in [3.05, 3.63) is 28.2 Å². The number of amides is 1. The molecule has 1 saturated heterocycles. The second-order valence-corrected chi connectivity index (χ2v) is 6.56. The zero-order chi connectivity index (χ0) is 15.5.